The predicted molar refractivity (Wildman–Crippen MR) is 45.9 cm³/mol. The maximum Gasteiger partial charge on any atom is 0.326 e. The van der Waals surface area contributed by atoms with E-state index in [1.165, 1.54) is 0 Å². The third-order valence-electron chi connectivity index (χ3n) is 1.41. The summed E-state index contributed by atoms with van der Waals surface area (Å²) in [6.45, 7) is 0. The predicted octanol–water partition coefficient (Wildman–Crippen LogP) is 3.04. The van der Waals surface area contributed by atoms with Crippen molar-refractivity contribution in [3.8, 4) is 0 Å². The minimum atomic E-state index is -3.14. The molecule has 0 saturated carbocycles. The summed E-state index contributed by atoms with van der Waals surface area (Å²) in [4.78, 5) is 6.39. The summed E-state index contributed by atoms with van der Waals surface area (Å²) >= 11 is 2.15. The summed E-state index contributed by atoms with van der Waals surface area (Å²) in [7, 11) is 0. The number of benzene rings is 1. The number of halogens is 3. The Morgan fingerprint density at radius 3 is 2.08 bits per heavy atom. The van der Waals surface area contributed by atoms with Gasteiger partial charge in [-0.2, -0.15) is 8.78 Å². The van der Waals surface area contributed by atoms with Gasteiger partial charge in [0.2, 0.25) is 0 Å². The molecule has 0 fully saturated rings. The van der Waals surface area contributed by atoms with Crippen LogP contribution in [0.4, 0.5) is 14.5 Å². The van der Waals surface area contributed by atoms with E-state index in [2.05, 4.69) is 15.9 Å². The normalized spacial score (nSPS) is 11.3. The Balaban J connectivity index is 3.01. The summed E-state index contributed by atoms with van der Waals surface area (Å²) in [5.41, 5.74) is -0.515. The molecule has 0 saturated heterocycles. The van der Waals surface area contributed by atoms with Crippen LogP contribution in [0, 0.1) is 10.1 Å². The summed E-state index contributed by atoms with van der Waals surface area (Å²) in [6, 6.07) is 4.08. The van der Waals surface area contributed by atoms with E-state index in [0.29, 0.717) is 0 Å². The SMILES string of the molecule is O=[N+]([O-])c1ccc(C(F)(F)Br)cc1. The Bertz CT molecular complexity index is 320. The molecule has 3 nitrogen and oxygen atoms in total. The number of nitro benzene ring substituents is 1. The summed E-state index contributed by atoms with van der Waals surface area (Å²) in [5.74, 6) is 0. The van der Waals surface area contributed by atoms with Crippen LogP contribution in [0.25, 0.3) is 0 Å². The average Bonchev–Trinajstić information content (AvgIpc) is 2.03. The fraction of sp³-hybridized carbons (Fsp3) is 0.143. The Labute approximate surface area is 80.6 Å². The number of hydrogen-bond acceptors (Lipinski definition) is 2. The summed E-state index contributed by atoms with van der Waals surface area (Å²) in [5, 5.41) is 10.2. The molecule has 6 heteroatoms. The lowest BCUT2D eigenvalue weighted by molar-refractivity contribution is -0.384. The highest BCUT2D eigenvalue weighted by Gasteiger charge is 2.27. The van der Waals surface area contributed by atoms with Gasteiger partial charge in [-0.25, -0.2) is 0 Å². The topological polar surface area (TPSA) is 43.1 Å². The molecular formula is C7H4BrF2NO2. The minimum absolute atomic E-state index is 0.208. The largest absolute Gasteiger partial charge is 0.326 e. The molecule has 0 bridgehead atoms. The molecule has 1 rings (SSSR count). The van der Waals surface area contributed by atoms with Gasteiger partial charge >= 0.3 is 4.83 Å². The molecule has 0 aromatic heterocycles. The molecule has 0 radical (unpaired) electrons. The molecule has 70 valence electrons. The Morgan fingerprint density at radius 1 is 1.31 bits per heavy atom. The van der Waals surface area contributed by atoms with Gasteiger partial charge < -0.3 is 0 Å². The highest BCUT2D eigenvalue weighted by Crippen LogP contribution is 2.34. The molecule has 1 aromatic carbocycles. The third kappa shape index (κ3) is 2.45. The molecule has 0 unspecified atom stereocenters. The highest BCUT2D eigenvalue weighted by molar-refractivity contribution is 9.09. The molecule has 0 aliphatic carbocycles. The number of non-ortho nitro benzene ring substituents is 1. The van der Waals surface area contributed by atoms with Gasteiger partial charge in [0.05, 0.1) is 4.92 Å². The maximum absolute atomic E-state index is 12.5. The molecular weight excluding hydrogens is 248 g/mol. The van der Waals surface area contributed by atoms with Gasteiger partial charge in [0.25, 0.3) is 5.69 Å². The summed E-state index contributed by atoms with van der Waals surface area (Å²) in [6.07, 6.45) is 0. The van der Waals surface area contributed by atoms with Gasteiger partial charge in [-0.1, -0.05) is 0 Å². The smallest absolute Gasteiger partial charge is 0.258 e. The van der Waals surface area contributed by atoms with E-state index >= 15 is 0 Å². The van der Waals surface area contributed by atoms with Crippen LogP contribution in [0.1, 0.15) is 5.56 Å². The molecule has 0 spiro atoms. The summed E-state index contributed by atoms with van der Waals surface area (Å²) < 4.78 is 25.1. The molecule has 13 heavy (non-hydrogen) atoms. The van der Waals surface area contributed by atoms with Crippen LogP contribution in [0.15, 0.2) is 24.3 Å². The van der Waals surface area contributed by atoms with Gasteiger partial charge in [-0.3, -0.25) is 10.1 Å². The zero-order chi connectivity index (χ0) is 10.1. The van der Waals surface area contributed by atoms with Crippen molar-refractivity contribution in [1.29, 1.82) is 0 Å². The van der Waals surface area contributed by atoms with E-state index in [1.54, 1.807) is 0 Å². The maximum atomic E-state index is 12.5. The van der Waals surface area contributed by atoms with Crippen LogP contribution >= 0.6 is 15.9 Å². The highest BCUT2D eigenvalue weighted by atomic mass is 79.9. The first-order chi connectivity index (χ1) is 5.91. The van der Waals surface area contributed by atoms with Gasteiger partial charge in [0.1, 0.15) is 0 Å². The van der Waals surface area contributed by atoms with Crippen molar-refractivity contribution in [3.05, 3.63) is 39.9 Å². The quantitative estimate of drug-likeness (QED) is 0.461. The first-order valence-corrected chi connectivity index (χ1v) is 4.02. The number of alkyl halides is 3. The van der Waals surface area contributed by atoms with Crippen molar-refractivity contribution >= 4 is 21.6 Å². The van der Waals surface area contributed by atoms with Crippen LogP contribution in [0.5, 0.6) is 0 Å². The van der Waals surface area contributed by atoms with E-state index in [1.807, 2.05) is 0 Å². The molecule has 0 N–H and O–H groups in total. The molecule has 0 atom stereocenters. The molecule has 1 aromatic rings. The fourth-order valence-corrected chi connectivity index (χ4v) is 1.04. The van der Waals surface area contributed by atoms with Gasteiger partial charge in [-0.05, 0) is 28.1 Å². The number of nitro groups is 1. The van der Waals surface area contributed by atoms with Gasteiger partial charge in [0.15, 0.2) is 0 Å². The van der Waals surface area contributed by atoms with Crippen molar-refractivity contribution < 1.29 is 13.7 Å². The Morgan fingerprint density at radius 2 is 1.77 bits per heavy atom. The zero-order valence-electron chi connectivity index (χ0n) is 6.21. The lowest BCUT2D eigenvalue weighted by Crippen LogP contribution is -2.01. The number of nitrogens with zero attached hydrogens (tertiary/aromatic N) is 1. The lowest BCUT2D eigenvalue weighted by Gasteiger charge is -2.06. The van der Waals surface area contributed by atoms with Crippen molar-refractivity contribution in [3.63, 3.8) is 0 Å². The lowest BCUT2D eigenvalue weighted by atomic mass is 10.2. The van der Waals surface area contributed by atoms with Crippen molar-refractivity contribution in [2.75, 3.05) is 0 Å². The van der Waals surface area contributed by atoms with E-state index in [0.717, 1.165) is 24.3 Å². The average molecular weight is 252 g/mol. The Hall–Kier alpha value is -1.04. The van der Waals surface area contributed by atoms with Crippen LogP contribution in [0.2, 0.25) is 0 Å². The number of rotatable bonds is 2. The van der Waals surface area contributed by atoms with Crippen LogP contribution in [-0.4, -0.2) is 4.92 Å². The van der Waals surface area contributed by atoms with Crippen LogP contribution < -0.4 is 0 Å². The second-order valence-corrected chi connectivity index (χ2v) is 3.30. The third-order valence-corrected chi connectivity index (χ3v) is 1.86. The fourth-order valence-electron chi connectivity index (χ4n) is 0.772. The number of hydrogen-bond donors (Lipinski definition) is 0. The first-order valence-electron chi connectivity index (χ1n) is 3.23. The van der Waals surface area contributed by atoms with E-state index in [9.17, 15) is 18.9 Å². The standard InChI is InChI=1S/C7H4BrF2NO2/c8-7(9,10)5-1-3-6(4-2-5)11(12)13/h1-4H. The molecule has 0 aliphatic rings. The van der Waals surface area contributed by atoms with Crippen LogP contribution in [-0.2, 0) is 4.83 Å². The van der Waals surface area contributed by atoms with Crippen molar-refractivity contribution in [1.82, 2.24) is 0 Å². The first kappa shape index (κ1) is 10.0. The van der Waals surface area contributed by atoms with Gasteiger partial charge in [0, 0.05) is 17.7 Å². The minimum Gasteiger partial charge on any atom is -0.258 e. The Kier molecular flexibility index (Phi) is 2.60. The van der Waals surface area contributed by atoms with Crippen molar-refractivity contribution in [2.45, 2.75) is 4.83 Å². The second-order valence-electron chi connectivity index (χ2n) is 2.30. The zero-order valence-corrected chi connectivity index (χ0v) is 7.79. The van der Waals surface area contributed by atoms with Crippen LogP contribution in [0.3, 0.4) is 0 Å². The van der Waals surface area contributed by atoms with E-state index in [-0.39, 0.29) is 11.3 Å². The van der Waals surface area contributed by atoms with E-state index < -0.39 is 9.76 Å². The van der Waals surface area contributed by atoms with Gasteiger partial charge in [-0.15, -0.1) is 0 Å². The van der Waals surface area contributed by atoms with Crippen molar-refractivity contribution in [2.24, 2.45) is 0 Å². The second kappa shape index (κ2) is 3.37. The molecule has 0 heterocycles. The van der Waals surface area contributed by atoms with E-state index in [4.69, 9.17) is 0 Å². The molecule has 0 aliphatic heterocycles. The molecule has 0 amide bonds. The monoisotopic (exact) mass is 251 g/mol.